The molecule has 0 amide bonds. The molecule has 0 heterocycles. The molecule has 0 saturated heterocycles. The first-order valence-corrected chi connectivity index (χ1v) is 5.71. The van der Waals surface area contributed by atoms with Crippen LogP contribution >= 0.6 is 0 Å². The summed E-state index contributed by atoms with van der Waals surface area (Å²) in [6.07, 6.45) is 0. The van der Waals surface area contributed by atoms with Crippen LogP contribution in [0.3, 0.4) is 0 Å². The fourth-order valence-electron chi connectivity index (χ4n) is 0. The van der Waals surface area contributed by atoms with Crippen LogP contribution in [0.15, 0.2) is 0 Å². The molecule has 36 valence electrons. The van der Waals surface area contributed by atoms with Gasteiger partial charge in [0.2, 0.25) is 0 Å². The minimum absolute atomic E-state index is 1.29. The molecule has 8 N–H and O–H groups in total. The lowest BCUT2D eigenvalue weighted by atomic mass is 13.9. The second-order valence-electron chi connectivity index (χ2n) is 0.911. The molecule has 0 saturated carbocycles. The second kappa shape index (κ2) is 1.93. The maximum Gasteiger partial charge on any atom is 0.256 e. The summed E-state index contributed by atoms with van der Waals surface area (Å²) in [5.74, 6) is 0. The van der Waals surface area contributed by atoms with E-state index in [1.54, 1.807) is 0 Å². The number of hydrogen-bond acceptors (Lipinski definition) is 4. The van der Waals surface area contributed by atoms with Gasteiger partial charge in [0.05, 0.1) is 0 Å². The first-order valence-electron chi connectivity index (χ1n) is 1.40. The average Bonchev–Trinajstić information content (AvgIpc) is 1.36. The Morgan fingerprint density at radius 3 is 0.833 bits per heavy atom. The minimum atomic E-state index is -1.29. The van der Waals surface area contributed by atoms with E-state index >= 15 is 0 Å². The maximum atomic E-state index is 5.11. The van der Waals surface area contributed by atoms with E-state index < -0.39 is 16.4 Å². The van der Waals surface area contributed by atoms with Crippen LogP contribution in [0.1, 0.15) is 0 Å². The van der Waals surface area contributed by atoms with Gasteiger partial charge < -0.3 is 21.6 Å². The molecule has 4 nitrogen and oxygen atoms in total. The van der Waals surface area contributed by atoms with Gasteiger partial charge in [-0.15, -0.1) is 0 Å². The molecule has 0 radical (unpaired) electrons. The van der Waals surface area contributed by atoms with E-state index in [0.717, 1.165) is 0 Å². The lowest BCUT2D eigenvalue weighted by Gasteiger charge is -1.85. The molecule has 0 aliphatic rings. The smallest absolute Gasteiger partial charge is 0.256 e. The molecule has 0 aromatic heterocycles. The molecule has 0 fully saturated rings. The topological polar surface area (TPSA) is 104 Å². The van der Waals surface area contributed by atoms with Crippen molar-refractivity contribution in [1.29, 1.82) is 0 Å². The van der Waals surface area contributed by atoms with Crippen molar-refractivity contribution in [1.82, 2.24) is 0 Å². The molecule has 0 aliphatic heterocycles. The van der Waals surface area contributed by atoms with Gasteiger partial charge in [-0.25, -0.2) is 0 Å². The van der Waals surface area contributed by atoms with E-state index in [0.29, 0.717) is 0 Å². The van der Waals surface area contributed by atoms with E-state index in [-0.39, 0.29) is 0 Å². The summed E-state index contributed by atoms with van der Waals surface area (Å²) in [7, 11) is -2.59. The Labute approximate surface area is 38.9 Å². The summed E-state index contributed by atoms with van der Waals surface area (Å²) in [6.45, 7) is 0. The van der Waals surface area contributed by atoms with E-state index in [1.165, 1.54) is 0 Å². The lowest BCUT2D eigenvalue weighted by molar-refractivity contribution is 1.67. The van der Waals surface area contributed by atoms with E-state index in [4.69, 9.17) is 21.6 Å². The Hall–Kier alpha value is -0.366. The molecule has 0 rings (SSSR count). The molecule has 0 atom stereocenters. The quantitative estimate of drug-likeness (QED) is 0.254. The van der Waals surface area contributed by atoms with Crippen molar-refractivity contribution in [2.24, 2.45) is 21.6 Å². The van der Waals surface area contributed by atoms with Gasteiger partial charge in [-0.05, 0) is 0 Å². The maximum absolute atomic E-state index is 5.11. The normalized spacial score (nSPS) is 7.33. The van der Waals surface area contributed by atoms with Gasteiger partial charge in [0.15, 0.2) is 0 Å². The van der Waals surface area contributed by atoms with E-state index in [1.807, 2.05) is 0 Å². The third-order valence-corrected chi connectivity index (χ3v) is 3.00. The van der Waals surface area contributed by atoms with Crippen LogP contribution in [0.25, 0.3) is 0 Å². The van der Waals surface area contributed by atoms with Crippen molar-refractivity contribution in [2.75, 3.05) is 0 Å². The first-order chi connectivity index (χ1) is 2.64. The van der Waals surface area contributed by atoms with Gasteiger partial charge in [0.1, 0.15) is 0 Å². The van der Waals surface area contributed by atoms with Crippen molar-refractivity contribution < 1.29 is 0 Å². The van der Waals surface area contributed by atoms with E-state index in [9.17, 15) is 0 Å². The number of nitrogens with two attached hydrogens (primary N) is 4. The van der Waals surface area contributed by atoms with Crippen LogP contribution in [-0.2, 0) is 0 Å². The second-order valence-corrected chi connectivity index (χ2v) is 6.20. The third-order valence-electron chi connectivity index (χ3n) is 0.333. The van der Waals surface area contributed by atoms with Crippen molar-refractivity contribution in [3.05, 3.63) is 0 Å². The zero-order valence-electron chi connectivity index (χ0n) is 3.31. The molecular weight excluding hydrogens is 112 g/mol. The fraction of sp³-hybridized carbons (Fsp3) is 0. The Morgan fingerprint density at radius 1 is 0.667 bits per heavy atom. The van der Waals surface area contributed by atoms with Crippen LogP contribution < -0.4 is 21.6 Å². The van der Waals surface area contributed by atoms with Gasteiger partial charge in [-0.2, -0.15) is 0 Å². The Morgan fingerprint density at radius 2 is 0.833 bits per heavy atom. The molecule has 6 heteroatoms. The Kier molecular flexibility index (Phi) is 1.81. The minimum Gasteiger partial charge on any atom is -0.418 e. The highest BCUT2D eigenvalue weighted by molar-refractivity contribution is 6.89. The van der Waals surface area contributed by atoms with Crippen molar-refractivity contribution in [3.8, 4) is 0 Å². The molecule has 0 bridgehead atoms. The lowest BCUT2D eigenvalue weighted by Crippen LogP contribution is -2.47. The summed E-state index contributed by atoms with van der Waals surface area (Å²) in [6, 6.07) is 0. The van der Waals surface area contributed by atoms with Gasteiger partial charge in [0.25, 0.3) is 16.4 Å². The largest absolute Gasteiger partial charge is 0.418 e. The average molecular weight is 120 g/mol. The summed E-state index contributed by atoms with van der Waals surface area (Å²) >= 11 is 0. The van der Waals surface area contributed by atoms with Crippen molar-refractivity contribution in [2.45, 2.75) is 0 Å². The van der Waals surface area contributed by atoms with Gasteiger partial charge in [-0.3, -0.25) is 0 Å². The Bertz CT molecular complexity index is 55.6. The monoisotopic (exact) mass is 120 g/mol. The zero-order valence-corrected chi connectivity index (χ0v) is 5.31. The highest BCUT2D eigenvalue weighted by Crippen LogP contribution is 1.22. The summed E-state index contributed by atoms with van der Waals surface area (Å²) in [5, 5.41) is 20.4. The molecule has 0 aliphatic carbocycles. The number of rotatable bonds is 0. The molecule has 0 aromatic carbocycles. The Balaban J connectivity index is 3.68. The summed E-state index contributed by atoms with van der Waals surface area (Å²) in [5.41, 5.74) is 0. The van der Waals surface area contributed by atoms with Crippen molar-refractivity contribution >= 4 is 16.4 Å². The molecule has 6 heavy (non-hydrogen) atoms. The number of hydrogen-bond donors (Lipinski definition) is 4. The summed E-state index contributed by atoms with van der Waals surface area (Å²) < 4.78 is 0. The molecular formula is H8N4Si2. The van der Waals surface area contributed by atoms with E-state index in [2.05, 4.69) is 0 Å². The van der Waals surface area contributed by atoms with Crippen LogP contribution in [0.4, 0.5) is 0 Å². The molecule has 0 unspecified atom stereocenters. The highest BCUT2D eigenvalue weighted by atomic mass is 28.9. The van der Waals surface area contributed by atoms with Gasteiger partial charge in [0, 0.05) is 0 Å². The summed E-state index contributed by atoms with van der Waals surface area (Å²) in [4.78, 5) is 0. The van der Waals surface area contributed by atoms with Gasteiger partial charge >= 0.3 is 0 Å². The standard InChI is InChI=1S/H8N4Si2/c1-5(2)6(3)4/h1-4H2. The molecule has 0 spiro atoms. The third kappa shape index (κ3) is 1.91. The predicted octanol–water partition coefficient (Wildman–Crippen LogP) is -3.12. The zero-order chi connectivity index (χ0) is 5.15. The SMILES string of the molecule is N[Si](N)=[Si](N)N. The predicted molar refractivity (Wildman–Crippen MR) is 28.3 cm³/mol. The fourth-order valence-corrected chi connectivity index (χ4v) is 0. The first kappa shape index (κ1) is 5.63. The highest BCUT2D eigenvalue weighted by Gasteiger charge is 1.85. The van der Waals surface area contributed by atoms with Crippen LogP contribution in [0, 0.1) is 0 Å². The van der Waals surface area contributed by atoms with Crippen LogP contribution in [-0.4, -0.2) is 16.4 Å². The van der Waals surface area contributed by atoms with Crippen LogP contribution in [0.5, 0.6) is 0 Å². The molecule has 0 aromatic rings. The van der Waals surface area contributed by atoms with Crippen LogP contribution in [0.2, 0.25) is 0 Å². The van der Waals surface area contributed by atoms with Crippen molar-refractivity contribution in [3.63, 3.8) is 0 Å². The van der Waals surface area contributed by atoms with Gasteiger partial charge in [-0.1, -0.05) is 0 Å².